The van der Waals surface area contributed by atoms with Crippen LogP contribution in [0, 0.1) is 5.92 Å². The lowest BCUT2D eigenvalue weighted by Crippen LogP contribution is -2.45. The molecule has 1 aromatic rings. The van der Waals surface area contributed by atoms with Crippen molar-refractivity contribution in [2.45, 2.75) is 25.8 Å². The number of sulfone groups is 1. The molecule has 1 aliphatic heterocycles. The molecular formula is C17H31IN4O2S2. The minimum atomic E-state index is -2.96. The van der Waals surface area contributed by atoms with E-state index in [1.54, 1.807) is 14.0 Å². The second kappa shape index (κ2) is 11.5. The number of hydrogen-bond acceptors (Lipinski definition) is 5. The highest BCUT2D eigenvalue weighted by Crippen LogP contribution is 2.36. The van der Waals surface area contributed by atoms with E-state index in [1.165, 1.54) is 17.7 Å². The highest BCUT2D eigenvalue weighted by molar-refractivity contribution is 14.0. The summed E-state index contributed by atoms with van der Waals surface area (Å²) in [6, 6.07) is 4.76. The van der Waals surface area contributed by atoms with E-state index in [0.29, 0.717) is 24.5 Å². The van der Waals surface area contributed by atoms with E-state index < -0.39 is 9.84 Å². The summed E-state index contributed by atoms with van der Waals surface area (Å²) < 4.78 is 23.2. The second-order valence-corrected chi connectivity index (χ2v) is 9.91. The summed E-state index contributed by atoms with van der Waals surface area (Å²) in [5.74, 6) is 1.49. The van der Waals surface area contributed by atoms with E-state index >= 15 is 0 Å². The van der Waals surface area contributed by atoms with Gasteiger partial charge >= 0.3 is 0 Å². The van der Waals surface area contributed by atoms with Crippen molar-refractivity contribution in [3.8, 4) is 0 Å². The molecule has 0 radical (unpaired) electrons. The van der Waals surface area contributed by atoms with Crippen LogP contribution >= 0.6 is 35.3 Å². The summed E-state index contributed by atoms with van der Waals surface area (Å²) >= 11 is 1.81. The van der Waals surface area contributed by atoms with Crippen LogP contribution < -0.4 is 10.6 Å². The van der Waals surface area contributed by atoms with Crippen LogP contribution in [0.2, 0.25) is 0 Å². The Morgan fingerprint density at radius 3 is 2.81 bits per heavy atom. The summed E-state index contributed by atoms with van der Waals surface area (Å²) in [4.78, 5) is 8.06. The fraction of sp³-hybridized carbons (Fsp3) is 0.706. The number of likely N-dealkylation sites (tertiary alicyclic amines) is 1. The summed E-state index contributed by atoms with van der Waals surface area (Å²) in [6.07, 6.45) is 2.38. The summed E-state index contributed by atoms with van der Waals surface area (Å²) in [5.41, 5.74) is 0. The molecule has 1 saturated heterocycles. The zero-order valence-corrected chi connectivity index (χ0v) is 19.7. The van der Waals surface area contributed by atoms with Crippen LogP contribution in [0.1, 0.15) is 30.7 Å². The molecule has 0 spiro atoms. The molecule has 2 heterocycles. The fourth-order valence-electron chi connectivity index (χ4n) is 3.30. The molecule has 1 aromatic heterocycles. The molecule has 0 bridgehead atoms. The third-order valence-electron chi connectivity index (χ3n) is 4.74. The van der Waals surface area contributed by atoms with Gasteiger partial charge in [0.25, 0.3) is 0 Å². The van der Waals surface area contributed by atoms with Crippen molar-refractivity contribution in [1.29, 1.82) is 0 Å². The first-order valence-corrected chi connectivity index (χ1v) is 11.6. The maximum absolute atomic E-state index is 11.6. The van der Waals surface area contributed by atoms with Crippen molar-refractivity contribution in [1.82, 2.24) is 15.5 Å². The minimum absolute atomic E-state index is 0. The Kier molecular flexibility index (Phi) is 10.4. The molecule has 2 rings (SSSR count). The van der Waals surface area contributed by atoms with Gasteiger partial charge in [-0.2, -0.15) is 0 Å². The fourth-order valence-corrected chi connectivity index (χ4v) is 4.99. The average molecular weight is 514 g/mol. The van der Waals surface area contributed by atoms with Gasteiger partial charge in [-0.15, -0.1) is 35.3 Å². The van der Waals surface area contributed by atoms with Gasteiger partial charge in [-0.1, -0.05) is 13.0 Å². The number of aliphatic imine (C=N–C) groups is 1. The van der Waals surface area contributed by atoms with Crippen LogP contribution in [-0.4, -0.2) is 64.5 Å². The highest BCUT2D eigenvalue weighted by atomic mass is 127. The van der Waals surface area contributed by atoms with E-state index in [1.807, 2.05) is 11.3 Å². The normalized spacial score (nSPS) is 21.9. The molecule has 0 aliphatic carbocycles. The van der Waals surface area contributed by atoms with Crippen molar-refractivity contribution in [2.75, 3.05) is 45.2 Å². The van der Waals surface area contributed by atoms with E-state index in [9.17, 15) is 8.42 Å². The molecule has 150 valence electrons. The predicted molar refractivity (Wildman–Crippen MR) is 122 cm³/mol. The molecule has 0 saturated carbocycles. The Balaban J connectivity index is 0.00000338. The number of nitrogens with one attached hydrogen (secondary N) is 2. The first kappa shape index (κ1) is 23.6. The van der Waals surface area contributed by atoms with E-state index in [-0.39, 0.29) is 35.5 Å². The van der Waals surface area contributed by atoms with Gasteiger partial charge in [-0.25, -0.2) is 8.42 Å². The number of guanidine groups is 1. The van der Waals surface area contributed by atoms with E-state index in [2.05, 4.69) is 45.1 Å². The molecule has 2 atom stereocenters. The molecule has 26 heavy (non-hydrogen) atoms. The maximum Gasteiger partial charge on any atom is 0.191 e. The minimum Gasteiger partial charge on any atom is -0.356 e. The van der Waals surface area contributed by atoms with Crippen LogP contribution in [-0.2, 0) is 9.84 Å². The van der Waals surface area contributed by atoms with Gasteiger partial charge in [0.1, 0.15) is 0 Å². The van der Waals surface area contributed by atoms with Crippen LogP contribution in [0.4, 0.5) is 0 Å². The zero-order valence-electron chi connectivity index (χ0n) is 15.8. The van der Waals surface area contributed by atoms with Gasteiger partial charge in [0.05, 0.1) is 5.75 Å². The number of thiophene rings is 1. The number of rotatable bonds is 7. The molecule has 2 N–H and O–H groups in total. The van der Waals surface area contributed by atoms with Crippen molar-refractivity contribution in [3.63, 3.8) is 0 Å². The average Bonchev–Trinajstić information content (AvgIpc) is 3.12. The number of hydrogen-bond donors (Lipinski definition) is 2. The molecule has 6 nitrogen and oxygen atoms in total. The molecule has 0 aromatic carbocycles. The predicted octanol–water partition coefficient (Wildman–Crippen LogP) is 2.35. The number of nitrogens with zero attached hydrogens (tertiary/aromatic N) is 2. The Bertz CT molecular complexity index is 650. The van der Waals surface area contributed by atoms with E-state index in [0.717, 1.165) is 13.1 Å². The second-order valence-electron chi connectivity index (χ2n) is 6.46. The first-order chi connectivity index (χ1) is 12.0. The van der Waals surface area contributed by atoms with Gasteiger partial charge in [0.15, 0.2) is 15.8 Å². The largest absolute Gasteiger partial charge is 0.356 e. The van der Waals surface area contributed by atoms with Crippen LogP contribution in [0.15, 0.2) is 22.5 Å². The smallest absolute Gasteiger partial charge is 0.191 e. The van der Waals surface area contributed by atoms with Crippen molar-refractivity contribution in [2.24, 2.45) is 10.9 Å². The van der Waals surface area contributed by atoms with Gasteiger partial charge in [0.2, 0.25) is 0 Å². The van der Waals surface area contributed by atoms with Crippen molar-refractivity contribution < 1.29 is 8.42 Å². The third-order valence-corrected chi connectivity index (χ3v) is 7.39. The third kappa shape index (κ3) is 6.97. The summed E-state index contributed by atoms with van der Waals surface area (Å²) in [6.45, 7) is 4.01. The van der Waals surface area contributed by atoms with Gasteiger partial charge in [0, 0.05) is 36.8 Å². The van der Waals surface area contributed by atoms with Crippen molar-refractivity contribution >= 4 is 51.1 Å². The van der Waals surface area contributed by atoms with Crippen LogP contribution in [0.5, 0.6) is 0 Å². The molecule has 9 heteroatoms. The molecule has 1 aliphatic rings. The standard InChI is InChI=1S/C17H30N4O2S2.HI/c1-4-25(22,23)12-9-19-17(18-2)20-13-14-7-5-10-21(3)16(14)15-8-6-11-24-15;/h6,8,11,14,16H,4-5,7,9-10,12-13H2,1-3H3,(H2,18,19,20);1H. The topological polar surface area (TPSA) is 73.8 Å². The Morgan fingerprint density at radius 2 is 2.19 bits per heavy atom. The Hall–Kier alpha value is -0.390. The number of halogens is 1. The molecule has 1 fully saturated rings. The quantitative estimate of drug-likeness (QED) is 0.332. The lowest BCUT2D eigenvalue weighted by Gasteiger charge is -2.39. The summed E-state index contributed by atoms with van der Waals surface area (Å²) in [5, 5.41) is 8.62. The number of piperidine rings is 1. The molecular weight excluding hydrogens is 483 g/mol. The Morgan fingerprint density at radius 1 is 1.42 bits per heavy atom. The molecule has 0 amide bonds. The van der Waals surface area contributed by atoms with Gasteiger partial charge in [-0.3, -0.25) is 9.89 Å². The lowest BCUT2D eigenvalue weighted by molar-refractivity contribution is 0.125. The van der Waals surface area contributed by atoms with Crippen molar-refractivity contribution in [3.05, 3.63) is 22.4 Å². The lowest BCUT2D eigenvalue weighted by atomic mass is 9.88. The van der Waals surface area contributed by atoms with Crippen LogP contribution in [0.25, 0.3) is 0 Å². The summed E-state index contributed by atoms with van der Waals surface area (Å²) in [7, 11) is 0.954. The monoisotopic (exact) mass is 514 g/mol. The van der Waals surface area contributed by atoms with Gasteiger partial charge < -0.3 is 10.6 Å². The van der Waals surface area contributed by atoms with Crippen LogP contribution in [0.3, 0.4) is 0 Å². The van der Waals surface area contributed by atoms with Gasteiger partial charge in [-0.05, 0) is 43.8 Å². The Labute approximate surface area is 178 Å². The first-order valence-electron chi connectivity index (χ1n) is 8.85. The highest BCUT2D eigenvalue weighted by Gasteiger charge is 2.31. The zero-order chi connectivity index (χ0) is 18.3. The SMILES string of the molecule is CCS(=O)(=O)CCNC(=NC)NCC1CCCN(C)C1c1cccs1.I. The molecule has 2 unspecified atom stereocenters. The maximum atomic E-state index is 11.6. The van der Waals surface area contributed by atoms with E-state index in [4.69, 9.17) is 0 Å².